The summed E-state index contributed by atoms with van der Waals surface area (Å²) in [5.41, 5.74) is 0.668. The van der Waals surface area contributed by atoms with Gasteiger partial charge in [0.1, 0.15) is 12.0 Å². The predicted molar refractivity (Wildman–Crippen MR) is 97.5 cm³/mol. The molecule has 0 aromatic heterocycles. The Morgan fingerprint density at radius 2 is 1.73 bits per heavy atom. The highest BCUT2D eigenvalue weighted by Crippen LogP contribution is 2.41. The van der Waals surface area contributed by atoms with E-state index in [4.69, 9.17) is 28.4 Å². The number of fused-ring (bicyclic) bond motifs is 1. The van der Waals surface area contributed by atoms with Crippen molar-refractivity contribution in [3.8, 4) is 0 Å². The maximum absolute atomic E-state index is 12.4. The lowest BCUT2D eigenvalue weighted by Crippen LogP contribution is -2.65. The third kappa shape index (κ3) is 4.15. The number of benzene rings is 1. The molecule has 2 aliphatic rings. The normalized spacial score (nSPS) is 30.9. The van der Waals surface area contributed by atoms with E-state index in [2.05, 4.69) is 0 Å². The highest BCUT2D eigenvalue weighted by molar-refractivity contribution is 5.95. The second-order valence-electron chi connectivity index (χ2n) is 6.83. The Kier molecular flexibility index (Phi) is 6.98. The summed E-state index contributed by atoms with van der Waals surface area (Å²) in [4.78, 5) is 36.3. The topological polar surface area (TPSA) is 133 Å². The van der Waals surface area contributed by atoms with Crippen LogP contribution in [0.4, 0.5) is 0 Å². The van der Waals surface area contributed by atoms with Crippen LogP contribution in [0, 0.1) is 22.0 Å². The zero-order chi connectivity index (χ0) is 21.8. The van der Waals surface area contributed by atoms with Gasteiger partial charge in [0, 0.05) is 17.6 Å². The highest BCUT2D eigenvalue weighted by atomic mass is 16.7. The Hall–Kier alpha value is -2.60. The van der Waals surface area contributed by atoms with Gasteiger partial charge >= 0.3 is 11.9 Å². The molecule has 11 nitrogen and oxygen atoms in total. The minimum atomic E-state index is -1.64. The zero-order valence-electron chi connectivity index (χ0n) is 16.7. The minimum Gasteiger partial charge on any atom is -0.468 e. The van der Waals surface area contributed by atoms with Gasteiger partial charge in [-0.1, -0.05) is 30.3 Å². The molecular formula is C19H23NO10. The second kappa shape index (κ2) is 9.47. The van der Waals surface area contributed by atoms with E-state index in [-0.39, 0.29) is 6.61 Å². The van der Waals surface area contributed by atoms with Crippen LogP contribution >= 0.6 is 0 Å². The molecule has 0 radical (unpaired) electrons. The first-order chi connectivity index (χ1) is 14.4. The van der Waals surface area contributed by atoms with Gasteiger partial charge in [-0.05, 0) is 0 Å². The van der Waals surface area contributed by atoms with E-state index in [1.807, 2.05) is 6.07 Å². The van der Waals surface area contributed by atoms with Crippen LogP contribution in [0.3, 0.4) is 0 Å². The minimum absolute atomic E-state index is 0.00224. The van der Waals surface area contributed by atoms with Gasteiger partial charge in [-0.2, -0.15) is 0 Å². The molecule has 0 N–H and O–H groups in total. The van der Waals surface area contributed by atoms with Gasteiger partial charge in [-0.3, -0.25) is 19.7 Å². The average molecular weight is 425 g/mol. The molecule has 164 valence electrons. The van der Waals surface area contributed by atoms with E-state index in [9.17, 15) is 19.7 Å². The third-order valence-electron chi connectivity index (χ3n) is 5.26. The lowest BCUT2D eigenvalue weighted by Gasteiger charge is -2.46. The summed E-state index contributed by atoms with van der Waals surface area (Å²) in [5.74, 6) is -4.97. The molecule has 30 heavy (non-hydrogen) atoms. The number of ether oxygens (including phenoxy) is 6. The molecule has 2 heterocycles. The number of esters is 2. The Balaban J connectivity index is 1.98. The number of nitro groups is 1. The molecule has 0 aliphatic carbocycles. The summed E-state index contributed by atoms with van der Waals surface area (Å²) in [6.07, 6.45) is -4.07. The fraction of sp³-hybridized carbons (Fsp3) is 0.579. The Bertz CT molecular complexity index is 756. The molecule has 0 amide bonds. The van der Waals surface area contributed by atoms with Gasteiger partial charge in [-0.25, -0.2) is 0 Å². The fourth-order valence-corrected chi connectivity index (χ4v) is 3.88. The van der Waals surface area contributed by atoms with Gasteiger partial charge in [0.05, 0.1) is 20.8 Å². The zero-order valence-corrected chi connectivity index (χ0v) is 16.7. The first-order valence-corrected chi connectivity index (χ1v) is 9.22. The summed E-state index contributed by atoms with van der Waals surface area (Å²) in [6, 6.07) is 7.38. The fourth-order valence-electron chi connectivity index (χ4n) is 3.88. The van der Waals surface area contributed by atoms with Crippen LogP contribution in [0.2, 0.25) is 0 Å². The summed E-state index contributed by atoms with van der Waals surface area (Å²) in [6.45, 7) is 0.00224. The number of rotatable bonds is 6. The van der Waals surface area contributed by atoms with Crippen LogP contribution in [-0.2, 0) is 38.0 Å². The van der Waals surface area contributed by atoms with Crippen molar-refractivity contribution in [3.63, 3.8) is 0 Å². The number of carbonyl (C=O) groups excluding carboxylic acids is 2. The predicted octanol–water partition coefficient (Wildman–Crippen LogP) is 0.696. The van der Waals surface area contributed by atoms with Crippen molar-refractivity contribution < 1.29 is 42.9 Å². The van der Waals surface area contributed by atoms with Crippen molar-refractivity contribution >= 4 is 11.9 Å². The van der Waals surface area contributed by atoms with Crippen LogP contribution in [0.25, 0.3) is 0 Å². The molecule has 0 spiro atoms. The van der Waals surface area contributed by atoms with E-state index in [1.54, 1.807) is 24.3 Å². The first-order valence-electron chi connectivity index (χ1n) is 9.22. The molecule has 2 aliphatic heterocycles. The molecular weight excluding hydrogens is 402 g/mol. The maximum atomic E-state index is 12.4. The van der Waals surface area contributed by atoms with Gasteiger partial charge in [0.15, 0.2) is 24.6 Å². The summed E-state index contributed by atoms with van der Waals surface area (Å²) >= 11 is 0. The van der Waals surface area contributed by atoms with Crippen molar-refractivity contribution in [1.29, 1.82) is 0 Å². The van der Waals surface area contributed by atoms with E-state index < -0.39 is 59.5 Å². The number of methoxy groups -OCH3 is 3. The third-order valence-corrected chi connectivity index (χ3v) is 5.26. The largest absolute Gasteiger partial charge is 0.468 e. The van der Waals surface area contributed by atoms with Gasteiger partial charge in [0.2, 0.25) is 0 Å². The summed E-state index contributed by atoms with van der Waals surface area (Å²) in [7, 11) is 3.41. The van der Waals surface area contributed by atoms with Crippen molar-refractivity contribution in [2.45, 2.75) is 30.8 Å². The Morgan fingerprint density at radius 3 is 2.27 bits per heavy atom. The van der Waals surface area contributed by atoms with E-state index in [0.717, 1.165) is 14.2 Å². The lowest BCUT2D eigenvalue weighted by atomic mass is 9.79. The maximum Gasteiger partial charge on any atom is 0.320 e. The number of carbonyl (C=O) groups is 2. The molecule has 2 saturated heterocycles. The molecule has 0 bridgehead atoms. The van der Waals surface area contributed by atoms with Gasteiger partial charge < -0.3 is 28.4 Å². The molecule has 11 heteroatoms. The highest BCUT2D eigenvalue weighted by Gasteiger charge is 2.61. The average Bonchev–Trinajstić information content (AvgIpc) is 2.78. The van der Waals surface area contributed by atoms with E-state index >= 15 is 0 Å². The number of hydrogen-bond acceptors (Lipinski definition) is 10. The second-order valence-corrected chi connectivity index (χ2v) is 6.83. The summed E-state index contributed by atoms with van der Waals surface area (Å²) < 4.78 is 32.0. The van der Waals surface area contributed by atoms with E-state index in [0.29, 0.717) is 5.56 Å². The molecule has 2 fully saturated rings. The van der Waals surface area contributed by atoms with Crippen molar-refractivity contribution in [1.82, 2.24) is 0 Å². The number of nitrogens with zero attached hydrogens (tertiary/aromatic N) is 1. The van der Waals surface area contributed by atoms with Crippen LogP contribution in [0.15, 0.2) is 30.3 Å². The monoisotopic (exact) mass is 425 g/mol. The molecule has 0 saturated carbocycles. The quantitative estimate of drug-likeness (QED) is 0.277. The Morgan fingerprint density at radius 1 is 1.10 bits per heavy atom. The molecule has 3 rings (SSSR count). The van der Waals surface area contributed by atoms with Gasteiger partial charge in [0.25, 0.3) is 6.04 Å². The van der Waals surface area contributed by atoms with Crippen molar-refractivity contribution in [2.75, 3.05) is 27.9 Å². The summed E-state index contributed by atoms with van der Waals surface area (Å²) in [5, 5.41) is 12.1. The Labute approximate surface area is 172 Å². The van der Waals surface area contributed by atoms with Crippen LogP contribution in [0.5, 0.6) is 0 Å². The molecule has 1 unspecified atom stereocenters. The van der Waals surface area contributed by atoms with E-state index in [1.165, 1.54) is 7.11 Å². The SMILES string of the molecule is COC(=O)C(C(=O)OC)[C@H]1[C@H](OC)O[C@@H]2COC(c3ccccc3)O[C@H]2[C@@H]1[N+](=O)[O-]. The molecule has 6 atom stereocenters. The first kappa shape index (κ1) is 22.1. The molecule has 1 aromatic carbocycles. The van der Waals surface area contributed by atoms with Gasteiger partial charge in [-0.15, -0.1) is 0 Å². The van der Waals surface area contributed by atoms with Crippen molar-refractivity contribution in [3.05, 3.63) is 46.0 Å². The van der Waals surface area contributed by atoms with Crippen LogP contribution in [0.1, 0.15) is 11.9 Å². The van der Waals surface area contributed by atoms with Crippen LogP contribution in [-0.4, -0.2) is 69.3 Å². The molecule has 1 aromatic rings. The standard InChI is InChI=1S/C19H23NO10/c1-25-16(21)13(17(22)26-2)12-14(20(23)24)15-11(29-19(12)27-3)9-28-18(30-15)10-7-5-4-6-8-10/h4-8,11-15,18-19H,9H2,1-3H3/t11-,12-,14-,15-,18?,19-/m1/s1. The lowest BCUT2D eigenvalue weighted by molar-refractivity contribution is -0.573. The van der Waals surface area contributed by atoms with Crippen molar-refractivity contribution in [2.24, 2.45) is 11.8 Å². The van der Waals surface area contributed by atoms with Crippen LogP contribution < -0.4 is 0 Å². The smallest absolute Gasteiger partial charge is 0.320 e. The number of hydrogen-bond donors (Lipinski definition) is 0.